The van der Waals surface area contributed by atoms with Gasteiger partial charge in [0.2, 0.25) is 5.91 Å². The number of halogens is 1. The summed E-state index contributed by atoms with van der Waals surface area (Å²) in [6.45, 7) is 7.79. The lowest BCUT2D eigenvalue weighted by Crippen LogP contribution is -2.29. The molecule has 0 aliphatic carbocycles. The molecule has 0 unspecified atom stereocenters. The average Bonchev–Trinajstić information content (AvgIpc) is 2.34. The van der Waals surface area contributed by atoms with Gasteiger partial charge in [0.15, 0.2) is 0 Å². The Morgan fingerprint density at radius 1 is 1.30 bits per heavy atom. The van der Waals surface area contributed by atoms with Gasteiger partial charge < -0.3 is 15.8 Å². The second-order valence-electron chi connectivity index (χ2n) is 5.48. The minimum Gasteiger partial charge on any atom is -0.491 e. The molecule has 1 rings (SSSR count). The van der Waals surface area contributed by atoms with Crippen LogP contribution in [0.25, 0.3) is 0 Å². The normalized spacial score (nSPS) is 10.6. The van der Waals surface area contributed by atoms with Gasteiger partial charge in [-0.05, 0) is 17.0 Å². The highest BCUT2D eigenvalue weighted by molar-refractivity contribution is 5.85. The van der Waals surface area contributed by atoms with Crippen molar-refractivity contribution in [3.63, 3.8) is 0 Å². The van der Waals surface area contributed by atoms with E-state index in [9.17, 15) is 4.79 Å². The zero-order valence-electron chi connectivity index (χ0n) is 12.4. The van der Waals surface area contributed by atoms with Gasteiger partial charge in [-0.1, -0.05) is 39.0 Å². The van der Waals surface area contributed by atoms with Crippen LogP contribution in [0.3, 0.4) is 0 Å². The minimum absolute atomic E-state index is 0. The summed E-state index contributed by atoms with van der Waals surface area (Å²) in [5, 5.41) is 2.77. The van der Waals surface area contributed by atoms with Crippen molar-refractivity contribution in [1.82, 2.24) is 5.32 Å². The van der Waals surface area contributed by atoms with Gasteiger partial charge in [-0.3, -0.25) is 4.79 Å². The molecule has 0 bridgehead atoms. The zero-order chi connectivity index (χ0) is 14.3. The van der Waals surface area contributed by atoms with Crippen LogP contribution >= 0.6 is 12.4 Å². The molecule has 0 aliphatic heterocycles. The molecule has 0 atom stereocenters. The predicted octanol–water partition coefficient (Wildman–Crippen LogP) is 2.25. The van der Waals surface area contributed by atoms with Crippen LogP contribution in [0.2, 0.25) is 0 Å². The number of nitrogens with one attached hydrogen (secondary N) is 1. The van der Waals surface area contributed by atoms with Crippen molar-refractivity contribution in [2.75, 3.05) is 19.7 Å². The molecular weight excluding hydrogens is 276 g/mol. The number of hydrogen-bond acceptors (Lipinski definition) is 3. The number of benzene rings is 1. The minimum atomic E-state index is -0.0322. The van der Waals surface area contributed by atoms with Crippen molar-refractivity contribution in [1.29, 1.82) is 0 Å². The van der Waals surface area contributed by atoms with Gasteiger partial charge in [0.05, 0.1) is 6.54 Å². The fourth-order valence-corrected chi connectivity index (χ4v) is 1.78. The third-order valence-electron chi connectivity index (χ3n) is 2.75. The maximum Gasteiger partial charge on any atom is 0.221 e. The van der Waals surface area contributed by atoms with E-state index >= 15 is 0 Å². The van der Waals surface area contributed by atoms with Gasteiger partial charge in [0.25, 0.3) is 0 Å². The Bertz CT molecular complexity index is 417. The number of para-hydroxylation sites is 1. The zero-order valence-corrected chi connectivity index (χ0v) is 13.3. The molecule has 0 heterocycles. The number of hydrogen-bond donors (Lipinski definition) is 2. The lowest BCUT2D eigenvalue weighted by atomic mass is 9.86. The van der Waals surface area contributed by atoms with Crippen LogP contribution < -0.4 is 15.8 Å². The highest BCUT2D eigenvalue weighted by atomic mass is 35.5. The van der Waals surface area contributed by atoms with Crippen molar-refractivity contribution >= 4 is 18.3 Å². The maximum absolute atomic E-state index is 11.2. The van der Waals surface area contributed by atoms with Crippen LogP contribution in [0.5, 0.6) is 5.75 Å². The first-order valence-corrected chi connectivity index (χ1v) is 6.64. The molecule has 0 fully saturated rings. The van der Waals surface area contributed by atoms with Gasteiger partial charge in [-0.25, -0.2) is 0 Å². The largest absolute Gasteiger partial charge is 0.491 e. The smallest absolute Gasteiger partial charge is 0.221 e. The summed E-state index contributed by atoms with van der Waals surface area (Å²) < 4.78 is 5.75. The monoisotopic (exact) mass is 300 g/mol. The van der Waals surface area contributed by atoms with Gasteiger partial charge in [0, 0.05) is 13.0 Å². The summed E-state index contributed by atoms with van der Waals surface area (Å²) in [5.74, 6) is 0.846. The van der Waals surface area contributed by atoms with Gasteiger partial charge in [-0.15, -0.1) is 12.4 Å². The molecule has 0 aliphatic rings. The second kappa shape index (κ2) is 8.82. The third-order valence-corrected chi connectivity index (χ3v) is 2.75. The van der Waals surface area contributed by atoms with Crippen LogP contribution in [0, 0.1) is 0 Å². The molecule has 0 saturated carbocycles. The van der Waals surface area contributed by atoms with E-state index in [1.165, 1.54) is 5.56 Å². The molecule has 1 aromatic rings. The number of nitrogens with two attached hydrogens (primary N) is 1. The highest BCUT2D eigenvalue weighted by Gasteiger charge is 2.18. The van der Waals surface area contributed by atoms with Crippen LogP contribution in [0.1, 0.15) is 32.8 Å². The maximum atomic E-state index is 11.2. The lowest BCUT2D eigenvalue weighted by molar-refractivity contribution is -0.121. The first-order valence-electron chi connectivity index (χ1n) is 6.64. The van der Waals surface area contributed by atoms with Gasteiger partial charge >= 0.3 is 0 Å². The second-order valence-corrected chi connectivity index (χ2v) is 5.48. The third kappa shape index (κ3) is 6.26. The summed E-state index contributed by atoms with van der Waals surface area (Å²) in [5.41, 5.74) is 6.51. The summed E-state index contributed by atoms with van der Waals surface area (Å²) in [6, 6.07) is 8.00. The molecule has 1 aromatic carbocycles. The molecule has 3 N–H and O–H groups in total. The first kappa shape index (κ1) is 18.7. The fraction of sp³-hybridized carbons (Fsp3) is 0.533. The van der Waals surface area contributed by atoms with Crippen molar-refractivity contribution in [2.24, 2.45) is 5.73 Å². The average molecular weight is 301 g/mol. The van der Waals surface area contributed by atoms with Crippen molar-refractivity contribution < 1.29 is 9.53 Å². The Morgan fingerprint density at radius 3 is 2.55 bits per heavy atom. The first-order chi connectivity index (χ1) is 8.95. The van der Waals surface area contributed by atoms with E-state index in [4.69, 9.17) is 10.5 Å². The SMILES string of the molecule is CC(C)(C)c1ccccc1OCCNC(=O)CCN.Cl. The van der Waals surface area contributed by atoms with Crippen molar-refractivity contribution in [3.8, 4) is 5.75 Å². The Kier molecular flexibility index (Phi) is 8.26. The fourth-order valence-electron chi connectivity index (χ4n) is 1.78. The summed E-state index contributed by atoms with van der Waals surface area (Å²) in [4.78, 5) is 11.2. The Hall–Kier alpha value is -1.26. The standard InChI is InChI=1S/C15H24N2O2.ClH/c1-15(2,3)12-6-4-5-7-13(12)19-11-10-17-14(18)8-9-16;/h4-7H,8-11,16H2,1-3H3,(H,17,18);1H. The Balaban J connectivity index is 0.00000361. The predicted molar refractivity (Wildman–Crippen MR) is 84.6 cm³/mol. The molecule has 0 radical (unpaired) electrons. The molecule has 4 nitrogen and oxygen atoms in total. The molecule has 1 amide bonds. The molecule has 114 valence electrons. The van der Waals surface area contributed by atoms with Crippen LogP contribution in [-0.2, 0) is 10.2 Å². The van der Waals surface area contributed by atoms with Crippen LogP contribution in [-0.4, -0.2) is 25.6 Å². The molecule has 20 heavy (non-hydrogen) atoms. The van der Waals surface area contributed by atoms with Crippen LogP contribution in [0.4, 0.5) is 0 Å². The molecule has 0 spiro atoms. The molecular formula is C15H25ClN2O2. The van der Waals surface area contributed by atoms with Gasteiger partial charge in [-0.2, -0.15) is 0 Å². The highest BCUT2D eigenvalue weighted by Crippen LogP contribution is 2.30. The Morgan fingerprint density at radius 2 is 1.95 bits per heavy atom. The van der Waals surface area contributed by atoms with Crippen molar-refractivity contribution in [3.05, 3.63) is 29.8 Å². The number of ether oxygens (including phenoxy) is 1. The van der Waals surface area contributed by atoms with E-state index in [0.29, 0.717) is 26.1 Å². The Labute approximate surface area is 127 Å². The molecule has 0 aromatic heterocycles. The van der Waals surface area contributed by atoms with E-state index < -0.39 is 0 Å². The quantitative estimate of drug-likeness (QED) is 0.792. The number of amides is 1. The number of carbonyl (C=O) groups is 1. The summed E-state index contributed by atoms with van der Waals surface area (Å²) in [7, 11) is 0. The molecule has 0 saturated heterocycles. The van der Waals surface area contributed by atoms with Crippen LogP contribution in [0.15, 0.2) is 24.3 Å². The molecule has 5 heteroatoms. The van der Waals surface area contributed by atoms with E-state index in [1.54, 1.807) is 0 Å². The number of carbonyl (C=O) groups excluding carboxylic acids is 1. The van der Waals surface area contributed by atoms with E-state index in [1.807, 2.05) is 18.2 Å². The summed E-state index contributed by atoms with van der Waals surface area (Å²) in [6.07, 6.45) is 0.360. The van der Waals surface area contributed by atoms with E-state index in [0.717, 1.165) is 5.75 Å². The summed E-state index contributed by atoms with van der Waals surface area (Å²) >= 11 is 0. The van der Waals surface area contributed by atoms with Crippen molar-refractivity contribution in [2.45, 2.75) is 32.6 Å². The lowest BCUT2D eigenvalue weighted by Gasteiger charge is -2.22. The number of rotatable bonds is 6. The van der Waals surface area contributed by atoms with E-state index in [2.05, 4.69) is 32.2 Å². The topological polar surface area (TPSA) is 64.3 Å². The van der Waals surface area contributed by atoms with E-state index in [-0.39, 0.29) is 23.7 Å². The van der Waals surface area contributed by atoms with Gasteiger partial charge in [0.1, 0.15) is 12.4 Å².